The summed E-state index contributed by atoms with van der Waals surface area (Å²) in [6.45, 7) is 4.22. The first-order valence-electron chi connectivity index (χ1n) is 11.1. The van der Waals surface area contributed by atoms with Crippen LogP contribution < -0.4 is 0 Å². The van der Waals surface area contributed by atoms with Crippen molar-refractivity contribution < 1.29 is 14.4 Å². The Labute approximate surface area is 193 Å². The van der Waals surface area contributed by atoms with Crippen molar-refractivity contribution in [2.45, 2.75) is 31.9 Å². The molecule has 2 aromatic rings. The first-order valence-corrected chi connectivity index (χ1v) is 11.1. The van der Waals surface area contributed by atoms with E-state index in [1.165, 1.54) is 0 Å². The molecule has 0 bridgehead atoms. The number of likely N-dealkylation sites (N-methyl/N-ethyl adjacent to an activating group) is 1. The smallest absolute Gasteiger partial charge is 0.251 e. The minimum Gasteiger partial charge on any atom is -0.391 e. The van der Waals surface area contributed by atoms with Gasteiger partial charge in [-0.2, -0.15) is 0 Å². The van der Waals surface area contributed by atoms with Gasteiger partial charge in [-0.15, -0.1) is 0 Å². The van der Waals surface area contributed by atoms with E-state index in [4.69, 9.17) is 4.84 Å². The lowest BCUT2D eigenvalue weighted by atomic mass is 9.75. The van der Waals surface area contributed by atoms with Gasteiger partial charge in [-0.25, -0.2) is 0 Å². The Balaban J connectivity index is 1.58. The van der Waals surface area contributed by atoms with Crippen LogP contribution in [0.25, 0.3) is 5.57 Å². The average molecular weight is 439 g/mol. The molecule has 0 radical (unpaired) electrons. The summed E-state index contributed by atoms with van der Waals surface area (Å²) in [6, 6.07) is 19.9. The molecular formula is C28H26N2O3. The summed E-state index contributed by atoms with van der Waals surface area (Å²) >= 11 is 0. The molecule has 2 heterocycles. The van der Waals surface area contributed by atoms with Crippen molar-refractivity contribution in [3.05, 3.63) is 102 Å². The van der Waals surface area contributed by atoms with Gasteiger partial charge >= 0.3 is 0 Å². The summed E-state index contributed by atoms with van der Waals surface area (Å²) in [6.07, 6.45) is 6.86. The van der Waals surface area contributed by atoms with Crippen molar-refractivity contribution in [2.75, 3.05) is 7.05 Å². The third-order valence-electron chi connectivity index (χ3n) is 7.01. The maximum absolute atomic E-state index is 13.6. The molecule has 1 amide bonds. The third-order valence-corrected chi connectivity index (χ3v) is 7.01. The van der Waals surface area contributed by atoms with Gasteiger partial charge < -0.3 is 9.74 Å². The lowest BCUT2D eigenvalue weighted by molar-refractivity contribution is -0.126. The normalized spacial score (nSPS) is 22.8. The van der Waals surface area contributed by atoms with Gasteiger partial charge in [0.25, 0.3) is 5.91 Å². The predicted octanol–water partition coefficient (Wildman–Crippen LogP) is 4.57. The van der Waals surface area contributed by atoms with Gasteiger partial charge in [0, 0.05) is 24.6 Å². The van der Waals surface area contributed by atoms with Gasteiger partial charge in [-0.1, -0.05) is 79.7 Å². The van der Waals surface area contributed by atoms with Gasteiger partial charge in [0.2, 0.25) is 0 Å². The Morgan fingerprint density at radius 3 is 2.09 bits per heavy atom. The van der Waals surface area contributed by atoms with E-state index in [1.54, 1.807) is 24.1 Å². The lowest BCUT2D eigenvalue weighted by Crippen LogP contribution is -2.43. The lowest BCUT2D eigenvalue weighted by Gasteiger charge is -2.35. The number of benzene rings is 2. The van der Waals surface area contributed by atoms with Gasteiger partial charge in [0.15, 0.2) is 5.78 Å². The molecule has 0 N–H and O–H groups in total. The molecule has 0 saturated heterocycles. The summed E-state index contributed by atoms with van der Waals surface area (Å²) < 4.78 is 0. The monoisotopic (exact) mass is 438 g/mol. The van der Waals surface area contributed by atoms with E-state index in [-0.39, 0.29) is 23.2 Å². The molecule has 1 aliphatic carbocycles. The van der Waals surface area contributed by atoms with E-state index < -0.39 is 5.54 Å². The number of carbonyl (C=O) groups is 2. The fourth-order valence-corrected chi connectivity index (χ4v) is 5.02. The first kappa shape index (κ1) is 21.1. The Bertz CT molecular complexity index is 1220. The second-order valence-corrected chi connectivity index (χ2v) is 9.30. The molecule has 2 aliphatic heterocycles. The highest BCUT2D eigenvalue weighted by Crippen LogP contribution is 2.48. The van der Waals surface area contributed by atoms with Gasteiger partial charge in [0.1, 0.15) is 11.6 Å². The van der Waals surface area contributed by atoms with Crippen molar-refractivity contribution in [3.8, 4) is 0 Å². The molecule has 5 nitrogen and oxygen atoms in total. The summed E-state index contributed by atoms with van der Waals surface area (Å²) in [5.41, 5.74) is 3.25. The molecule has 5 heteroatoms. The van der Waals surface area contributed by atoms with E-state index in [2.05, 4.69) is 19.0 Å². The molecular weight excluding hydrogens is 412 g/mol. The quantitative estimate of drug-likeness (QED) is 0.703. The fourth-order valence-electron chi connectivity index (χ4n) is 5.02. The average Bonchev–Trinajstić information content (AvgIpc) is 3.23. The highest BCUT2D eigenvalue weighted by atomic mass is 16.6. The largest absolute Gasteiger partial charge is 0.391 e. The molecule has 1 spiro atoms. The number of amides is 1. The van der Waals surface area contributed by atoms with Crippen LogP contribution in [0.1, 0.15) is 31.4 Å². The zero-order chi connectivity index (χ0) is 23.2. The van der Waals surface area contributed by atoms with Crippen molar-refractivity contribution >= 4 is 23.0 Å². The topological polar surface area (TPSA) is 59.0 Å². The second-order valence-electron chi connectivity index (χ2n) is 9.30. The van der Waals surface area contributed by atoms with Gasteiger partial charge in [-0.05, 0) is 35.4 Å². The fraction of sp³-hybridized carbons (Fsp3) is 0.250. The standard InChI is InChI=1S/C28H26N2O3/c1-27(2)23(33-29-25(27)20-12-8-5-9-13-20)18-22-24(19-10-6-4-7-11-19)28(30(3)26(22)32)16-14-21(31)15-17-28/h4-17,23H,18H2,1-3H3/t23-/m0/s1. The number of oxime groups is 1. The number of hydrogen-bond acceptors (Lipinski definition) is 4. The van der Waals surface area contributed by atoms with E-state index in [9.17, 15) is 9.59 Å². The Morgan fingerprint density at radius 2 is 1.48 bits per heavy atom. The van der Waals surface area contributed by atoms with Crippen molar-refractivity contribution in [3.63, 3.8) is 0 Å². The Morgan fingerprint density at radius 1 is 0.909 bits per heavy atom. The minimum absolute atomic E-state index is 0.0648. The molecule has 0 aromatic heterocycles. The maximum Gasteiger partial charge on any atom is 0.251 e. The molecule has 33 heavy (non-hydrogen) atoms. The summed E-state index contributed by atoms with van der Waals surface area (Å²) in [5.74, 6) is -0.145. The molecule has 0 unspecified atom stereocenters. The number of ketones is 1. The van der Waals surface area contributed by atoms with Crippen molar-refractivity contribution in [2.24, 2.45) is 10.6 Å². The first-order chi connectivity index (χ1) is 15.8. The van der Waals surface area contributed by atoms with Crippen LogP contribution in [0, 0.1) is 5.41 Å². The summed E-state index contributed by atoms with van der Waals surface area (Å²) in [5, 5.41) is 4.43. The number of rotatable bonds is 4. The molecule has 5 rings (SSSR count). The molecule has 2 aromatic carbocycles. The molecule has 166 valence electrons. The van der Waals surface area contributed by atoms with Crippen LogP contribution in [0.3, 0.4) is 0 Å². The highest BCUT2D eigenvalue weighted by molar-refractivity contribution is 6.13. The molecule has 1 atom stereocenters. The Hall–Kier alpha value is -3.73. The number of nitrogens with zero attached hydrogens (tertiary/aromatic N) is 2. The zero-order valence-corrected chi connectivity index (χ0v) is 19.0. The summed E-state index contributed by atoms with van der Waals surface area (Å²) in [4.78, 5) is 33.2. The van der Waals surface area contributed by atoms with Crippen LogP contribution >= 0.6 is 0 Å². The zero-order valence-electron chi connectivity index (χ0n) is 19.0. The highest BCUT2D eigenvalue weighted by Gasteiger charge is 2.51. The number of hydrogen-bond donors (Lipinski definition) is 0. The van der Waals surface area contributed by atoms with Gasteiger partial charge in [-0.3, -0.25) is 9.59 Å². The van der Waals surface area contributed by atoms with Crippen LogP contribution in [0.15, 0.2) is 95.7 Å². The van der Waals surface area contributed by atoms with E-state index in [1.807, 2.05) is 72.8 Å². The van der Waals surface area contributed by atoms with Crippen molar-refractivity contribution in [1.82, 2.24) is 4.90 Å². The third kappa shape index (κ3) is 3.27. The molecule has 0 saturated carbocycles. The Kier molecular flexibility index (Phi) is 4.93. The van der Waals surface area contributed by atoms with Crippen molar-refractivity contribution in [1.29, 1.82) is 0 Å². The van der Waals surface area contributed by atoms with E-state index in [0.29, 0.717) is 12.0 Å². The second kappa shape index (κ2) is 7.69. The predicted molar refractivity (Wildman–Crippen MR) is 128 cm³/mol. The van der Waals surface area contributed by atoms with Crippen LogP contribution in [-0.2, 0) is 14.4 Å². The van der Waals surface area contributed by atoms with Crippen LogP contribution in [0.4, 0.5) is 0 Å². The SMILES string of the molecule is CN1C(=O)C(C[C@@H]2ON=C(c3ccccc3)C2(C)C)=C(c2ccccc2)C12C=CC(=O)C=C2. The molecule has 3 aliphatic rings. The minimum atomic E-state index is -0.798. The van der Waals surface area contributed by atoms with Crippen LogP contribution in [0.2, 0.25) is 0 Å². The maximum atomic E-state index is 13.6. The molecule has 0 fully saturated rings. The van der Waals surface area contributed by atoms with Crippen LogP contribution in [-0.4, -0.2) is 41.0 Å². The number of allylic oxidation sites excluding steroid dienone is 2. The summed E-state index contributed by atoms with van der Waals surface area (Å²) in [7, 11) is 1.79. The van der Waals surface area contributed by atoms with Crippen LogP contribution in [0.5, 0.6) is 0 Å². The number of carbonyl (C=O) groups excluding carboxylic acids is 2. The van der Waals surface area contributed by atoms with Gasteiger partial charge in [0.05, 0.1) is 11.1 Å². The van der Waals surface area contributed by atoms with E-state index >= 15 is 0 Å². The van der Waals surface area contributed by atoms with E-state index in [0.717, 1.165) is 22.4 Å².